The van der Waals surface area contributed by atoms with Gasteiger partial charge in [0.2, 0.25) is 0 Å². The van der Waals surface area contributed by atoms with Gasteiger partial charge in [0.25, 0.3) is 0 Å². The fourth-order valence-electron chi connectivity index (χ4n) is 3.53. The molecular formula is C26H32N4S2. The van der Waals surface area contributed by atoms with Gasteiger partial charge in [-0.15, -0.1) is 25.3 Å². The van der Waals surface area contributed by atoms with E-state index in [4.69, 9.17) is 25.3 Å². The minimum atomic E-state index is 0.781. The van der Waals surface area contributed by atoms with Gasteiger partial charge in [0.1, 0.15) is 0 Å². The number of fused-ring (bicyclic) bond motifs is 4. The molecule has 0 fully saturated rings. The zero-order valence-electron chi connectivity index (χ0n) is 19.0. The predicted octanol–water partition coefficient (Wildman–Crippen LogP) is 5.83. The van der Waals surface area contributed by atoms with Crippen LogP contribution >= 0.6 is 25.3 Å². The Hall–Kier alpha value is -2.18. The first-order valence-electron chi connectivity index (χ1n) is 11.2. The van der Waals surface area contributed by atoms with Crippen molar-refractivity contribution in [2.75, 3.05) is 26.2 Å². The maximum atomic E-state index is 4.72. The Morgan fingerprint density at radius 2 is 0.750 bits per heavy atom. The van der Waals surface area contributed by atoms with Crippen molar-refractivity contribution >= 4 is 50.1 Å². The average Bonchev–Trinajstić information content (AvgIpc) is 2.76. The van der Waals surface area contributed by atoms with Gasteiger partial charge in [-0.05, 0) is 74.9 Å². The number of rotatable bonds is 0. The first-order valence-corrected chi connectivity index (χ1v) is 12.1. The summed E-state index contributed by atoms with van der Waals surface area (Å²) in [5, 5.41) is 0. The summed E-state index contributed by atoms with van der Waals surface area (Å²) < 4.78 is 0. The van der Waals surface area contributed by atoms with Crippen molar-refractivity contribution in [1.29, 1.82) is 0 Å². The highest BCUT2D eigenvalue weighted by molar-refractivity contribution is 7.80. The summed E-state index contributed by atoms with van der Waals surface area (Å²) in [7, 11) is 0. The van der Waals surface area contributed by atoms with Gasteiger partial charge in [-0.2, -0.15) is 0 Å². The maximum Gasteiger partial charge on any atom is 0.0390 e. The van der Waals surface area contributed by atoms with Crippen LogP contribution in [-0.4, -0.2) is 51.0 Å². The molecule has 0 aromatic heterocycles. The van der Waals surface area contributed by atoms with Crippen molar-refractivity contribution in [3.05, 3.63) is 57.6 Å². The molecule has 1 heterocycles. The lowest BCUT2D eigenvalue weighted by molar-refractivity contribution is 0.759. The summed E-state index contributed by atoms with van der Waals surface area (Å²) in [5.41, 5.74) is 6.54. The molecule has 0 saturated heterocycles. The van der Waals surface area contributed by atoms with Crippen LogP contribution in [0.25, 0.3) is 0 Å². The van der Waals surface area contributed by atoms with Crippen LogP contribution in [0.3, 0.4) is 0 Å². The Bertz CT molecular complexity index is 881. The van der Waals surface area contributed by atoms with Crippen molar-refractivity contribution in [1.82, 2.24) is 0 Å². The molecule has 0 unspecified atom stereocenters. The van der Waals surface area contributed by atoms with E-state index in [1.165, 1.54) is 11.1 Å². The van der Waals surface area contributed by atoms with E-state index < -0.39 is 0 Å². The summed E-state index contributed by atoms with van der Waals surface area (Å²) in [6.45, 7) is 7.31. The Morgan fingerprint density at radius 1 is 0.500 bits per heavy atom. The van der Waals surface area contributed by atoms with Crippen molar-refractivity contribution in [2.24, 2.45) is 20.0 Å². The molecule has 0 atom stereocenters. The molecule has 0 N–H and O–H groups in total. The van der Waals surface area contributed by atoms with Gasteiger partial charge in [-0.1, -0.05) is 0 Å². The fraction of sp³-hybridized carbons (Fsp3) is 0.385. The summed E-state index contributed by atoms with van der Waals surface area (Å²) in [6, 6.07) is 8.48. The SMILES string of the molecule is Cc1cc2c(S)c(c1)C=NCCCCN=Cc1cc(C)cc(c1S)C=NCCCCN=C2. The van der Waals surface area contributed by atoms with Crippen LogP contribution in [0.1, 0.15) is 59.1 Å². The molecule has 32 heavy (non-hydrogen) atoms. The molecule has 2 aromatic rings. The second kappa shape index (κ2) is 12.8. The van der Waals surface area contributed by atoms with Crippen LogP contribution in [0.2, 0.25) is 0 Å². The standard InChI is InChI=1S/C26H32N4S2/c1-19-11-21-15-27-7-3-5-9-29-17-23-13-20(2)14-24(26(23)32)18-30-10-6-4-8-28-16-22(12-19)25(21)31/h11-18,31-32H,3-10H2,1-2H3. The lowest BCUT2D eigenvalue weighted by atomic mass is 10.1. The topological polar surface area (TPSA) is 49.4 Å². The third-order valence-electron chi connectivity index (χ3n) is 5.20. The lowest BCUT2D eigenvalue weighted by Gasteiger charge is -2.07. The van der Waals surface area contributed by atoms with E-state index in [1.807, 2.05) is 24.9 Å². The van der Waals surface area contributed by atoms with Gasteiger partial charge >= 0.3 is 0 Å². The molecule has 0 amide bonds. The van der Waals surface area contributed by atoms with E-state index in [0.29, 0.717) is 0 Å². The molecule has 3 rings (SSSR count). The number of hydrogen-bond donors (Lipinski definition) is 2. The number of hydrogen-bond acceptors (Lipinski definition) is 6. The molecule has 1 aliphatic heterocycles. The van der Waals surface area contributed by atoms with E-state index >= 15 is 0 Å². The smallest absolute Gasteiger partial charge is 0.0390 e. The van der Waals surface area contributed by atoms with E-state index in [0.717, 1.165) is 83.9 Å². The Balaban J connectivity index is 1.76. The summed E-state index contributed by atoms with van der Waals surface area (Å²) in [5.74, 6) is 0. The highest BCUT2D eigenvalue weighted by atomic mass is 32.1. The monoisotopic (exact) mass is 464 g/mol. The molecule has 1 aliphatic rings. The van der Waals surface area contributed by atoms with Crippen molar-refractivity contribution < 1.29 is 0 Å². The summed E-state index contributed by atoms with van der Waals surface area (Å²) >= 11 is 9.44. The molecule has 0 radical (unpaired) electrons. The molecule has 4 bridgehead atoms. The van der Waals surface area contributed by atoms with E-state index in [9.17, 15) is 0 Å². The maximum absolute atomic E-state index is 4.72. The molecule has 0 aliphatic carbocycles. The van der Waals surface area contributed by atoms with Crippen LogP contribution < -0.4 is 0 Å². The zero-order valence-corrected chi connectivity index (χ0v) is 20.7. The lowest BCUT2D eigenvalue weighted by Crippen LogP contribution is -1.97. The number of thiol groups is 2. The second-order valence-electron chi connectivity index (χ2n) is 8.14. The predicted molar refractivity (Wildman–Crippen MR) is 145 cm³/mol. The molecule has 6 heteroatoms. The highest BCUT2D eigenvalue weighted by Gasteiger charge is 2.05. The fourth-order valence-corrected chi connectivity index (χ4v) is 4.02. The third kappa shape index (κ3) is 7.45. The summed E-state index contributed by atoms with van der Waals surface area (Å²) in [4.78, 5) is 20.3. The van der Waals surface area contributed by atoms with E-state index in [1.54, 1.807) is 0 Å². The highest BCUT2D eigenvalue weighted by Crippen LogP contribution is 2.20. The molecule has 2 aromatic carbocycles. The van der Waals surface area contributed by atoms with Gasteiger partial charge in [-0.3, -0.25) is 20.0 Å². The molecule has 168 valence electrons. The molecule has 0 saturated carbocycles. The largest absolute Gasteiger partial charge is 0.293 e. The van der Waals surface area contributed by atoms with Crippen LogP contribution in [0.4, 0.5) is 0 Å². The van der Waals surface area contributed by atoms with Gasteiger partial charge in [0.05, 0.1) is 0 Å². The van der Waals surface area contributed by atoms with Gasteiger partial charge in [0.15, 0.2) is 0 Å². The second-order valence-corrected chi connectivity index (χ2v) is 9.03. The minimum absolute atomic E-state index is 0.781. The number of aryl methyl sites for hydroxylation is 2. The van der Waals surface area contributed by atoms with Crippen LogP contribution in [0.15, 0.2) is 54.0 Å². The van der Waals surface area contributed by atoms with Crippen molar-refractivity contribution in [3.63, 3.8) is 0 Å². The molecule has 0 spiro atoms. The quantitative estimate of drug-likeness (QED) is 0.461. The van der Waals surface area contributed by atoms with Crippen LogP contribution in [0, 0.1) is 13.8 Å². The Labute approximate surface area is 202 Å². The van der Waals surface area contributed by atoms with Gasteiger partial charge in [0, 0.05) is 83.1 Å². The normalized spacial score (nSPS) is 15.9. The number of benzene rings is 2. The Morgan fingerprint density at radius 3 is 1.00 bits per heavy atom. The third-order valence-corrected chi connectivity index (χ3v) is 6.23. The Kier molecular flexibility index (Phi) is 9.75. The van der Waals surface area contributed by atoms with Crippen LogP contribution in [-0.2, 0) is 0 Å². The number of aliphatic imine (C=N–C) groups is 4. The van der Waals surface area contributed by atoms with Gasteiger partial charge in [-0.25, -0.2) is 0 Å². The van der Waals surface area contributed by atoms with Gasteiger partial charge < -0.3 is 0 Å². The molecule has 4 nitrogen and oxygen atoms in total. The van der Waals surface area contributed by atoms with Crippen molar-refractivity contribution in [3.8, 4) is 0 Å². The van der Waals surface area contributed by atoms with Crippen molar-refractivity contribution in [2.45, 2.75) is 49.3 Å². The zero-order chi connectivity index (χ0) is 22.8. The van der Waals surface area contributed by atoms with E-state index in [2.05, 4.69) is 58.1 Å². The average molecular weight is 465 g/mol. The van der Waals surface area contributed by atoms with Crippen LogP contribution in [0.5, 0.6) is 0 Å². The first-order chi connectivity index (χ1) is 15.5. The summed E-state index contributed by atoms with van der Waals surface area (Å²) in [6.07, 6.45) is 11.7. The van der Waals surface area contributed by atoms with E-state index in [-0.39, 0.29) is 0 Å². The minimum Gasteiger partial charge on any atom is -0.293 e. The molecular weight excluding hydrogens is 432 g/mol. The first kappa shape index (κ1) is 24.5. The number of nitrogens with zero attached hydrogens (tertiary/aromatic N) is 4.